The number of methoxy groups -OCH3 is 1. The summed E-state index contributed by atoms with van der Waals surface area (Å²) < 4.78 is 6.02. The number of nitrogens with two attached hydrogens (primary N) is 1. The zero-order valence-electron chi connectivity index (χ0n) is 10.2. The van der Waals surface area contributed by atoms with Crippen LogP contribution in [0.25, 0.3) is 0 Å². The molecule has 0 aliphatic rings. The van der Waals surface area contributed by atoms with Crippen molar-refractivity contribution in [3.8, 4) is 5.75 Å². The monoisotopic (exact) mass is 330 g/mol. The average Bonchev–Trinajstić information content (AvgIpc) is 2.29. The highest BCUT2D eigenvalue weighted by Gasteiger charge is 2.20. The molecule has 0 saturated heterocycles. The fourth-order valence-electron chi connectivity index (χ4n) is 1.51. The van der Waals surface area contributed by atoms with Crippen LogP contribution in [0.4, 0.5) is 5.69 Å². The molecule has 1 amide bonds. The average molecular weight is 331 g/mol. The van der Waals surface area contributed by atoms with Crippen LogP contribution >= 0.6 is 28.1 Å². The molecule has 3 N–H and O–H groups in total. The first-order valence-corrected chi connectivity index (χ1v) is 6.63. The molecule has 1 rings (SSSR count). The van der Waals surface area contributed by atoms with E-state index >= 15 is 0 Å². The molecule has 0 aliphatic heterocycles. The van der Waals surface area contributed by atoms with E-state index in [-0.39, 0.29) is 10.9 Å². The van der Waals surface area contributed by atoms with Crippen LogP contribution in [0, 0.1) is 5.92 Å². The van der Waals surface area contributed by atoms with E-state index in [1.165, 1.54) is 0 Å². The van der Waals surface area contributed by atoms with Crippen LogP contribution in [0.3, 0.4) is 0 Å². The molecule has 1 aromatic carbocycles. The highest BCUT2D eigenvalue weighted by molar-refractivity contribution is 9.10. The molecule has 4 nitrogen and oxygen atoms in total. The van der Waals surface area contributed by atoms with E-state index in [1.807, 2.05) is 13.0 Å². The maximum Gasteiger partial charge on any atom is 0.234 e. The van der Waals surface area contributed by atoms with E-state index in [1.54, 1.807) is 19.2 Å². The molecule has 0 saturated carbocycles. The minimum Gasteiger partial charge on any atom is -0.495 e. The molecule has 6 heteroatoms. The summed E-state index contributed by atoms with van der Waals surface area (Å²) in [6, 6.07) is 5.36. The van der Waals surface area contributed by atoms with Crippen molar-refractivity contribution in [1.29, 1.82) is 0 Å². The van der Waals surface area contributed by atoms with Crippen LogP contribution in [0.5, 0.6) is 5.75 Å². The van der Waals surface area contributed by atoms with Crippen molar-refractivity contribution in [2.24, 2.45) is 11.7 Å². The van der Waals surface area contributed by atoms with Crippen LogP contribution in [-0.2, 0) is 4.79 Å². The van der Waals surface area contributed by atoms with Crippen LogP contribution in [0.2, 0.25) is 0 Å². The van der Waals surface area contributed by atoms with E-state index in [2.05, 4.69) is 21.2 Å². The van der Waals surface area contributed by atoms with E-state index in [4.69, 9.17) is 22.7 Å². The highest BCUT2D eigenvalue weighted by atomic mass is 79.9. The number of anilines is 1. The molecule has 0 aliphatic carbocycles. The normalized spacial score (nSPS) is 11.7. The second kappa shape index (κ2) is 6.70. The molecular formula is C12H15BrN2O2S. The first-order chi connectivity index (χ1) is 8.49. The molecule has 0 spiro atoms. The Balaban J connectivity index is 2.93. The highest BCUT2D eigenvalue weighted by Crippen LogP contribution is 2.28. The Morgan fingerprint density at radius 2 is 2.28 bits per heavy atom. The van der Waals surface area contributed by atoms with Crippen LogP contribution in [0.1, 0.15) is 13.3 Å². The Kier molecular flexibility index (Phi) is 5.55. The van der Waals surface area contributed by atoms with Crippen LogP contribution in [-0.4, -0.2) is 18.0 Å². The second-order valence-corrected chi connectivity index (χ2v) is 5.08. The van der Waals surface area contributed by atoms with E-state index in [0.717, 1.165) is 4.47 Å². The van der Waals surface area contributed by atoms with Gasteiger partial charge in [0, 0.05) is 4.47 Å². The summed E-state index contributed by atoms with van der Waals surface area (Å²) in [5.74, 6) is -0.102. The molecule has 0 aromatic heterocycles. The Bertz CT molecular complexity index is 465. The second-order valence-electron chi connectivity index (χ2n) is 3.70. The lowest BCUT2D eigenvalue weighted by Crippen LogP contribution is -2.32. The lowest BCUT2D eigenvalue weighted by molar-refractivity contribution is -0.118. The van der Waals surface area contributed by atoms with Gasteiger partial charge in [-0.25, -0.2) is 0 Å². The van der Waals surface area contributed by atoms with Gasteiger partial charge in [0.15, 0.2) is 0 Å². The Hall–Kier alpha value is -1.14. The number of rotatable bonds is 5. The molecule has 0 bridgehead atoms. The summed E-state index contributed by atoms with van der Waals surface area (Å²) in [5.41, 5.74) is 6.12. The van der Waals surface area contributed by atoms with Gasteiger partial charge in [-0.3, -0.25) is 4.79 Å². The summed E-state index contributed by atoms with van der Waals surface area (Å²) in [6.45, 7) is 1.86. The first-order valence-electron chi connectivity index (χ1n) is 5.43. The van der Waals surface area contributed by atoms with Crippen molar-refractivity contribution in [2.45, 2.75) is 13.3 Å². The van der Waals surface area contributed by atoms with E-state index in [9.17, 15) is 4.79 Å². The van der Waals surface area contributed by atoms with Gasteiger partial charge < -0.3 is 15.8 Å². The van der Waals surface area contributed by atoms with E-state index in [0.29, 0.717) is 17.9 Å². The zero-order chi connectivity index (χ0) is 13.7. The molecule has 1 aromatic rings. The van der Waals surface area contributed by atoms with Crippen LogP contribution in [0.15, 0.2) is 22.7 Å². The number of hydrogen-bond donors (Lipinski definition) is 2. The van der Waals surface area contributed by atoms with Crippen molar-refractivity contribution >= 4 is 44.7 Å². The minimum atomic E-state index is -0.469. The maximum atomic E-state index is 12.0. The minimum absolute atomic E-state index is 0.198. The van der Waals surface area contributed by atoms with E-state index < -0.39 is 5.92 Å². The smallest absolute Gasteiger partial charge is 0.234 e. The number of amides is 1. The van der Waals surface area contributed by atoms with Gasteiger partial charge in [0.25, 0.3) is 0 Å². The third-order valence-corrected chi connectivity index (χ3v) is 3.27. The predicted octanol–water partition coefficient (Wildman–Crippen LogP) is 2.71. The number of carbonyl (C=O) groups excluding carboxylic acids is 1. The molecule has 0 radical (unpaired) electrons. The van der Waals surface area contributed by atoms with Crippen molar-refractivity contribution < 1.29 is 9.53 Å². The van der Waals surface area contributed by atoms with Gasteiger partial charge in [-0.05, 0) is 24.6 Å². The summed E-state index contributed by atoms with van der Waals surface area (Å²) in [5, 5.41) is 2.77. The number of hydrogen-bond acceptors (Lipinski definition) is 3. The zero-order valence-corrected chi connectivity index (χ0v) is 12.6. The largest absolute Gasteiger partial charge is 0.495 e. The number of halogens is 1. The lowest BCUT2D eigenvalue weighted by atomic mass is 10.1. The van der Waals surface area contributed by atoms with Crippen molar-refractivity contribution in [3.05, 3.63) is 22.7 Å². The first kappa shape index (κ1) is 14.9. The van der Waals surface area contributed by atoms with Gasteiger partial charge >= 0.3 is 0 Å². The Morgan fingerprint density at radius 1 is 1.61 bits per heavy atom. The lowest BCUT2D eigenvalue weighted by Gasteiger charge is -2.15. The fraction of sp³-hybridized carbons (Fsp3) is 0.333. The summed E-state index contributed by atoms with van der Waals surface area (Å²) in [7, 11) is 1.55. The van der Waals surface area contributed by atoms with Gasteiger partial charge in [0.1, 0.15) is 5.75 Å². The molecule has 1 unspecified atom stereocenters. The van der Waals surface area contributed by atoms with Crippen LogP contribution < -0.4 is 15.8 Å². The predicted molar refractivity (Wildman–Crippen MR) is 79.9 cm³/mol. The molecule has 1 atom stereocenters. The molecule has 18 heavy (non-hydrogen) atoms. The number of thiocarbonyl (C=S) groups is 1. The maximum absolute atomic E-state index is 12.0. The Labute approximate surface area is 120 Å². The van der Waals surface area contributed by atoms with Gasteiger partial charge in [-0.15, -0.1) is 0 Å². The molecule has 0 heterocycles. The van der Waals surface area contributed by atoms with Gasteiger partial charge in [-0.2, -0.15) is 0 Å². The molecular weight excluding hydrogens is 316 g/mol. The number of carbonyl (C=O) groups is 1. The summed E-state index contributed by atoms with van der Waals surface area (Å²) >= 11 is 8.21. The topological polar surface area (TPSA) is 64.3 Å². The molecule has 98 valence electrons. The van der Waals surface area contributed by atoms with Crippen molar-refractivity contribution in [3.63, 3.8) is 0 Å². The van der Waals surface area contributed by atoms with Crippen molar-refractivity contribution in [1.82, 2.24) is 0 Å². The number of benzene rings is 1. The summed E-state index contributed by atoms with van der Waals surface area (Å²) in [6.07, 6.45) is 0.567. The quantitative estimate of drug-likeness (QED) is 0.815. The van der Waals surface area contributed by atoms with Gasteiger partial charge in [-0.1, -0.05) is 35.1 Å². The van der Waals surface area contributed by atoms with Crippen molar-refractivity contribution in [2.75, 3.05) is 12.4 Å². The van der Waals surface area contributed by atoms with Gasteiger partial charge in [0.2, 0.25) is 5.91 Å². The number of nitrogens with one attached hydrogen (secondary N) is 1. The fourth-order valence-corrected chi connectivity index (χ4v) is 2.15. The SMILES string of the molecule is CCC(C(=O)Nc1cc(Br)ccc1OC)C(N)=S. The van der Waals surface area contributed by atoms with Gasteiger partial charge in [0.05, 0.1) is 23.7 Å². The number of ether oxygens (including phenoxy) is 1. The Morgan fingerprint density at radius 3 is 2.78 bits per heavy atom. The third-order valence-electron chi connectivity index (χ3n) is 2.49. The third kappa shape index (κ3) is 3.68. The standard InChI is InChI=1S/C12H15BrN2O2S/c1-3-8(11(14)18)12(16)15-9-6-7(13)4-5-10(9)17-2/h4-6,8H,3H2,1-2H3,(H2,14,18)(H,15,16). The molecule has 0 fully saturated rings. The summed E-state index contributed by atoms with van der Waals surface area (Å²) in [4.78, 5) is 12.2.